The highest BCUT2D eigenvalue weighted by atomic mass is 16.6. The number of hydrogen-bond donors (Lipinski definition) is 8. The first-order chi connectivity index (χ1) is 25.5. The zero-order valence-corrected chi connectivity index (χ0v) is 29.1. The van der Waals surface area contributed by atoms with Crippen molar-refractivity contribution < 1.29 is 79.0 Å². The molecule has 16 nitrogen and oxygen atoms in total. The summed E-state index contributed by atoms with van der Waals surface area (Å²) in [5, 5.41) is 77.3. The van der Waals surface area contributed by atoms with E-state index in [2.05, 4.69) is 4.74 Å². The van der Waals surface area contributed by atoms with Crippen LogP contribution < -0.4 is 4.74 Å². The van der Waals surface area contributed by atoms with Crippen molar-refractivity contribution in [2.45, 2.75) is 57.3 Å². The number of aliphatic carboxylic acids is 1. The molecule has 1 aliphatic rings. The Morgan fingerprint density at radius 2 is 1.20 bits per heavy atom. The van der Waals surface area contributed by atoms with Gasteiger partial charge in [0, 0.05) is 24.8 Å². The molecule has 4 aromatic carbocycles. The normalized spacial score (nSPS) is 15.3. The van der Waals surface area contributed by atoms with Crippen LogP contribution in [0.1, 0.15) is 53.2 Å². The average Bonchev–Trinajstić information content (AvgIpc) is 3.55. The summed E-state index contributed by atoms with van der Waals surface area (Å²) in [6, 6.07) is 14.6. The number of carboxylic acid groups (broad SMARTS) is 1. The van der Waals surface area contributed by atoms with Crippen LogP contribution in [0.4, 0.5) is 0 Å². The number of fused-ring (bicyclic) bond motifs is 1. The quantitative estimate of drug-likeness (QED) is 0.0609. The van der Waals surface area contributed by atoms with Crippen LogP contribution in [-0.4, -0.2) is 84.0 Å². The molecule has 0 saturated carbocycles. The van der Waals surface area contributed by atoms with Gasteiger partial charge < -0.3 is 59.8 Å². The zero-order chi connectivity index (χ0) is 39.9. The van der Waals surface area contributed by atoms with Crippen LogP contribution in [0.5, 0.6) is 46.0 Å². The zero-order valence-electron chi connectivity index (χ0n) is 29.1. The number of rotatable bonds is 11. The highest BCUT2D eigenvalue weighted by molar-refractivity contribution is 5.86. The maximum Gasteiger partial charge on any atom is 0.347 e. The first-order valence-electron chi connectivity index (χ1n) is 16.3. The Morgan fingerprint density at radius 3 is 1.70 bits per heavy atom. The number of carboxylic acids is 1. The van der Waals surface area contributed by atoms with Crippen molar-refractivity contribution >= 4 is 23.9 Å². The number of carbonyl (C=O) groups is 4. The van der Waals surface area contributed by atoms with Crippen LogP contribution in [-0.2, 0) is 46.2 Å². The van der Waals surface area contributed by atoms with Crippen molar-refractivity contribution in [3.8, 4) is 46.0 Å². The van der Waals surface area contributed by atoms with Gasteiger partial charge in [0.2, 0.25) is 12.2 Å². The molecule has 5 rings (SSSR count). The fraction of sp³-hybridized carbons (Fsp3) is 0.263. The lowest BCUT2D eigenvalue weighted by molar-refractivity contribution is -0.166. The topological polar surface area (TPSA) is 267 Å². The number of aryl methyl sites for hydroxylation is 1. The number of ether oxygens (including phenoxy) is 4. The summed E-state index contributed by atoms with van der Waals surface area (Å²) in [6.45, 7) is 3.30. The molecule has 0 aromatic heterocycles. The number of phenolic OH excluding ortho intramolecular Hbond substituents is 7. The van der Waals surface area contributed by atoms with Gasteiger partial charge in [-0.05, 0) is 71.6 Å². The van der Waals surface area contributed by atoms with Crippen LogP contribution in [0.15, 0.2) is 66.7 Å². The highest BCUT2D eigenvalue weighted by Gasteiger charge is 2.45. The first kappa shape index (κ1) is 39.9. The molecule has 54 heavy (non-hydrogen) atoms. The Kier molecular flexibility index (Phi) is 12.7. The SMILES string of the molecule is CCC(=O)OC(Cc1ccc(O)c(O)c1)C(=O)OC.Cc1ccc(O)c2c1C(C(=O)OC(Cc1ccc(O)c(O)c1)C(=O)O)C(c1ccc(O)c(O)c1)O2. The van der Waals surface area contributed by atoms with Gasteiger partial charge in [-0.15, -0.1) is 0 Å². The summed E-state index contributed by atoms with van der Waals surface area (Å²) in [6.07, 6.45) is -3.88. The molecule has 0 aliphatic carbocycles. The van der Waals surface area contributed by atoms with Gasteiger partial charge in [0.25, 0.3) is 0 Å². The fourth-order valence-electron chi connectivity index (χ4n) is 5.52. The van der Waals surface area contributed by atoms with Crippen LogP contribution in [0.25, 0.3) is 0 Å². The lowest BCUT2D eigenvalue weighted by Crippen LogP contribution is -2.32. The molecule has 4 aromatic rings. The van der Waals surface area contributed by atoms with Gasteiger partial charge in [-0.3, -0.25) is 9.59 Å². The number of phenols is 7. The second-order valence-corrected chi connectivity index (χ2v) is 12.1. The largest absolute Gasteiger partial charge is 0.504 e. The molecule has 4 atom stereocenters. The van der Waals surface area contributed by atoms with Crippen LogP contribution >= 0.6 is 0 Å². The van der Waals surface area contributed by atoms with Gasteiger partial charge in [0.05, 0.1) is 7.11 Å². The van der Waals surface area contributed by atoms with Gasteiger partial charge in [-0.25, -0.2) is 9.59 Å². The third kappa shape index (κ3) is 9.33. The average molecular weight is 751 g/mol. The molecular formula is C38H38O16. The van der Waals surface area contributed by atoms with Gasteiger partial charge in [-0.2, -0.15) is 0 Å². The standard InChI is InChI=1S/C25H22O10.C13H16O6/c1-11-2-5-16(28)23-20(11)21(22(35-23)13-4-7-15(27)18(30)10-13)25(33)34-19(24(31)32)9-12-3-6-14(26)17(29)8-12;1-3-12(16)19-11(13(17)18-2)7-8-4-5-9(14)10(15)6-8/h2-8,10,19,21-22,26-30H,9H2,1H3,(H,31,32);4-6,11,14-15H,3,7H2,1-2H3. The predicted molar refractivity (Wildman–Crippen MR) is 185 cm³/mol. The third-order valence-corrected chi connectivity index (χ3v) is 8.32. The molecule has 4 unspecified atom stereocenters. The maximum atomic E-state index is 13.4. The van der Waals surface area contributed by atoms with E-state index in [-0.39, 0.29) is 59.3 Å². The van der Waals surface area contributed by atoms with E-state index in [0.29, 0.717) is 22.3 Å². The number of aromatic hydroxyl groups is 7. The van der Waals surface area contributed by atoms with Crippen molar-refractivity contribution in [3.63, 3.8) is 0 Å². The van der Waals surface area contributed by atoms with Gasteiger partial charge in [-0.1, -0.05) is 31.2 Å². The molecule has 0 radical (unpaired) electrons. The molecule has 286 valence electrons. The molecule has 8 N–H and O–H groups in total. The second-order valence-electron chi connectivity index (χ2n) is 12.1. The van der Waals surface area contributed by atoms with Crippen molar-refractivity contribution in [1.29, 1.82) is 0 Å². The Labute approximate surface area is 307 Å². The Bertz CT molecular complexity index is 2040. The van der Waals surface area contributed by atoms with Crippen LogP contribution in [0.3, 0.4) is 0 Å². The summed E-state index contributed by atoms with van der Waals surface area (Å²) >= 11 is 0. The summed E-state index contributed by atoms with van der Waals surface area (Å²) in [4.78, 5) is 48.0. The minimum absolute atomic E-state index is 0.0276. The number of benzene rings is 4. The third-order valence-electron chi connectivity index (χ3n) is 8.32. The van der Waals surface area contributed by atoms with E-state index in [9.17, 15) is 60.0 Å². The molecule has 0 saturated heterocycles. The van der Waals surface area contributed by atoms with E-state index >= 15 is 0 Å². The van der Waals surface area contributed by atoms with Gasteiger partial charge in [0.1, 0.15) is 12.0 Å². The molecule has 0 spiro atoms. The van der Waals surface area contributed by atoms with Crippen molar-refractivity contribution in [2.75, 3.05) is 7.11 Å². The maximum absolute atomic E-state index is 13.4. The Balaban J connectivity index is 0.000000290. The highest BCUT2D eigenvalue weighted by Crippen LogP contribution is 2.52. The van der Waals surface area contributed by atoms with E-state index in [1.165, 1.54) is 61.7 Å². The van der Waals surface area contributed by atoms with Crippen molar-refractivity contribution in [2.24, 2.45) is 0 Å². The summed E-state index contributed by atoms with van der Waals surface area (Å²) in [7, 11) is 1.20. The van der Waals surface area contributed by atoms with E-state index in [1.807, 2.05) is 0 Å². The van der Waals surface area contributed by atoms with Gasteiger partial charge >= 0.3 is 23.9 Å². The fourth-order valence-corrected chi connectivity index (χ4v) is 5.52. The Morgan fingerprint density at radius 1 is 0.685 bits per heavy atom. The van der Waals surface area contributed by atoms with Gasteiger partial charge in [0.15, 0.2) is 46.0 Å². The smallest absolute Gasteiger partial charge is 0.347 e. The minimum Gasteiger partial charge on any atom is -0.504 e. The first-order valence-corrected chi connectivity index (χ1v) is 16.3. The summed E-state index contributed by atoms with van der Waals surface area (Å²) < 4.78 is 20.8. The summed E-state index contributed by atoms with van der Waals surface area (Å²) in [5.74, 6) is -7.21. The number of hydrogen-bond acceptors (Lipinski definition) is 15. The van der Waals surface area contributed by atoms with E-state index in [4.69, 9.17) is 14.2 Å². The lowest BCUT2D eigenvalue weighted by atomic mass is 9.88. The molecule has 1 aliphatic heterocycles. The van der Waals surface area contributed by atoms with Crippen molar-refractivity contribution in [3.05, 3.63) is 94.5 Å². The number of methoxy groups -OCH3 is 1. The van der Waals surface area contributed by atoms with E-state index in [0.717, 1.165) is 6.07 Å². The molecule has 1 heterocycles. The molecule has 0 amide bonds. The lowest BCUT2D eigenvalue weighted by Gasteiger charge is -2.22. The molecule has 0 fully saturated rings. The number of carbonyl (C=O) groups excluding carboxylic acids is 3. The monoisotopic (exact) mass is 750 g/mol. The summed E-state index contributed by atoms with van der Waals surface area (Å²) in [5.41, 5.74) is 2.01. The molecule has 16 heteroatoms. The second kappa shape index (κ2) is 17.1. The minimum atomic E-state index is -1.64. The van der Waals surface area contributed by atoms with Crippen LogP contribution in [0.2, 0.25) is 0 Å². The molecule has 0 bridgehead atoms. The van der Waals surface area contributed by atoms with Crippen LogP contribution in [0, 0.1) is 6.92 Å². The Hall–Kier alpha value is -6.84. The van der Waals surface area contributed by atoms with E-state index in [1.54, 1.807) is 19.9 Å². The van der Waals surface area contributed by atoms with Crippen molar-refractivity contribution in [1.82, 2.24) is 0 Å². The van der Waals surface area contributed by atoms with E-state index < -0.39 is 59.6 Å². The number of esters is 3. The molecular weight excluding hydrogens is 712 g/mol. The predicted octanol–water partition coefficient (Wildman–Crippen LogP) is 4.11.